The highest BCUT2D eigenvalue weighted by molar-refractivity contribution is 9.11. The number of thiophene rings is 1. The molecular weight excluding hydrogens is 424 g/mol. The third kappa shape index (κ3) is 3.94. The van der Waals surface area contributed by atoms with E-state index in [1.54, 1.807) is 24.7 Å². The van der Waals surface area contributed by atoms with E-state index in [2.05, 4.69) is 36.4 Å². The first-order valence-corrected chi connectivity index (χ1v) is 9.70. The summed E-state index contributed by atoms with van der Waals surface area (Å²) < 4.78 is 1.01. The molecule has 3 heterocycles. The van der Waals surface area contributed by atoms with Gasteiger partial charge in [0.05, 0.1) is 26.8 Å². The van der Waals surface area contributed by atoms with Crippen molar-refractivity contribution in [3.8, 4) is 11.3 Å². The van der Waals surface area contributed by atoms with Crippen molar-refractivity contribution >= 4 is 50.3 Å². The van der Waals surface area contributed by atoms with Gasteiger partial charge in [-0.05, 0) is 52.3 Å². The molecule has 0 unspecified atom stereocenters. The van der Waals surface area contributed by atoms with E-state index < -0.39 is 0 Å². The van der Waals surface area contributed by atoms with Gasteiger partial charge in [-0.25, -0.2) is 10.4 Å². The molecule has 0 fully saturated rings. The van der Waals surface area contributed by atoms with E-state index in [0.29, 0.717) is 11.3 Å². The van der Waals surface area contributed by atoms with Crippen LogP contribution in [0.4, 0.5) is 0 Å². The van der Waals surface area contributed by atoms with Crippen molar-refractivity contribution in [3.05, 3.63) is 81.2 Å². The molecule has 0 aliphatic heterocycles. The van der Waals surface area contributed by atoms with E-state index in [1.165, 1.54) is 11.3 Å². The van der Waals surface area contributed by atoms with Gasteiger partial charge < -0.3 is 0 Å². The van der Waals surface area contributed by atoms with Gasteiger partial charge in [0, 0.05) is 28.2 Å². The maximum atomic E-state index is 12.8. The Bertz CT molecular complexity index is 1140. The minimum Gasteiger partial charge on any atom is -0.267 e. The van der Waals surface area contributed by atoms with Crippen LogP contribution < -0.4 is 5.43 Å². The number of carbonyl (C=O) groups excluding carboxylic acids is 1. The van der Waals surface area contributed by atoms with E-state index in [9.17, 15) is 4.79 Å². The van der Waals surface area contributed by atoms with Gasteiger partial charge >= 0.3 is 0 Å². The summed E-state index contributed by atoms with van der Waals surface area (Å²) in [6.07, 6.45) is 5.03. The first-order valence-electron chi connectivity index (χ1n) is 8.09. The quantitative estimate of drug-likeness (QED) is 0.365. The summed E-state index contributed by atoms with van der Waals surface area (Å²) in [5, 5.41) is 4.85. The number of para-hydroxylation sites is 1. The van der Waals surface area contributed by atoms with Crippen LogP contribution in [0.5, 0.6) is 0 Å². The van der Waals surface area contributed by atoms with Crippen LogP contribution in [0.2, 0.25) is 0 Å². The Morgan fingerprint density at radius 3 is 2.70 bits per heavy atom. The Labute approximate surface area is 167 Å². The topological polar surface area (TPSA) is 67.2 Å². The van der Waals surface area contributed by atoms with E-state index in [1.807, 2.05) is 48.5 Å². The molecule has 3 aromatic heterocycles. The number of pyridine rings is 2. The standard InChI is InChI=1S/C20H13BrN4OS/c21-19-6-5-14(27-19)12-23-25-20(26)16-11-18(13-7-9-22-10-8-13)24-17-4-2-1-3-15(16)17/h1-12H,(H,25,26)/b23-12+. The van der Waals surface area contributed by atoms with E-state index in [-0.39, 0.29) is 5.91 Å². The fourth-order valence-corrected chi connectivity index (χ4v) is 3.94. The van der Waals surface area contributed by atoms with Crippen molar-refractivity contribution in [1.82, 2.24) is 15.4 Å². The van der Waals surface area contributed by atoms with Crippen LogP contribution in [0.1, 0.15) is 15.2 Å². The largest absolute Gasteiger partial charge is 0.272 e. The molecule has 0 aliphatic rings. The average molecular weight is 437 g/mol. The normalized spacial score (nSPS) is 11.1. The number of nitrogens with zero attached hydrogens (tertiary/aromatic N) is 3. The van der Waals surface area contributed by atoms with Crippen molar-refractivity contribution in [2.75, 3.05) is 0 Å². The molecule has 0 spiro atoms. The Kier molecular flexibility index (Phi) is 5.04. The lowest BCUT2D eigenvalue weighted by atomic mass is 10.0. The number of aromatic nitrogens is 2. The van der Waals surface area contributed by atoms with Crippen LogP contribution in [0.15, 0.2) is 75.9 Å². The summed E-state index contributed by atoms with van der Waals surface area (Å²) >= 11 is 4.94. The van der Waals surface area contributed by atoms with E-state index in [0.717, 1.165) is 25.1 Å². The minimum absolute atomic E-state index is 0.282. The Morgan fingerprint density at radius 2 is 1.93 bits per heavy atom. The average Bonchev–Trinajstić information content (AvgIpc) is 3.12. The minimum atomic E-state index is -0.282. The maximum Gasteiger partial charge on any atom is 0.272 e. The van der Waals surface area contributed by atoms with Crippen molar-refractivity contribution in [3.63, 3.8) is 0 Å². The molecule has 0 radical (unpaired) electrons. The molecule has 1 N–H and O–H groups in total. The number of nitrogens with one attached hydrogen (secondary N) is 1. The zero-order valence-electron chi connectivity index (χ0n) is 14.0. The lowest BCUT2D eigenvalue weighted by molar-refractivity contribution is 0.0957. The molecule has 1 aromatic carbocycles. The molecular formula is C20H13BrN4OS. The van der Waals surface area contributed by atoms with Crippen LogP contribution in [0.3, 0.4) is 0 Å². The lowest BCUT2D eigenvalue weighted by Crippen LogP contribution is -2.18. The molecule has 0 saturated heterocycles. The Hall–Kier alpha value is -2.90. The van der Waals surface area contributed by atoms with Crippen LogP contribution in [-0.4, -0.2) is 22.1 Å². The van der Waals surface area contributed by atoms with E-state index in [4.69, 9.17) is 0 Å². The summed E-state index contributed by atoms with van der Waals surface area (Å²) in [5.74, 6) is -0.282. The summed E-state index contributed by atoms with van der Waals surface area (Å²) in [5.41, 5.74) is 5.50. The monoisotopic (exact) mass is 436 g/mol. The van der Waals surface area contributed by atoms with Crippen molar-refractivity contribution in [1.29, 1.82) is 0 Å². The summed E-state index contributed by atoms with van der Waals surface area (Å²) in [4.78, 5) is 22.4. The highest BCUT2D eigenvalue weighted by Crippen LogP contribution is 2.24. The molecule has 0 atom stereocenters. The Balaban J connectivity index is 1.69. The summed E-state index contributed by atoms with van der Waals surface area (Å²) in [6.45, 7) is 0. The van der Waals surface area contributed by atoms with E-state index >= 15 is 0 Å². The van der Waals surface area contributed by atoms with Crippen LogP contribution >= 0.6 is 27.3 Å². The zero-order chi connectivity index (χ0) is 18.6. The number of hydrogen-bond donors (Lipinski definition) is 1. The number of benzene rings is 1. The number of carbonyl (C=O) groups is 1. The first-order chi connectivity index (χ1) is 13.2. The highest BCUT2D eigenvalue weighted by Gasteiger charge is 2.13. The van der Waals surface area contributed by atoms with Gasteiger partial charge in [-0.15, -0.1) is 11.3 Å². The molecule has 132 valence electrons. The number of hydrazone groups is 1. The second-order valence-electron chi connectivity index (χ2n) is 5.65. The van der Waals surface area contributed by atoms with Crippen molar-refractivity contribution < 1.29 is 4.79 Å². The SMILES string of the molecule is O=C(N/N=C/c1ccc(Br)s1)c1cc(-c2ccncc2)nc2ccccc12. The number of fused-ring (bicyclic) bond motifs is 1. The highest BCUT2D eigenvalue weighted by atomic mass is 79.9. The summed E-state index contributed by atoms with van der Waals surface area (Å²) in [7, 11) is 0. The van der Waals surface area contributed by atoms with Gasteiger partial charge in [0.25, 0.3) is 5.91 Å². The van der Waals surface area contributed by atoms with Gasteiger partial charge in [0.1, 0.15) is 0 Å². The molecule has 0 bridgehead atoms. The molecule has 4 aromatic rings. The Morgan fingerprint density at radius 1 is 1.11 bits per heavy atom. The molecule has 0 aliphatic carbocycles. The van der Waals surface area contributed by atoms with Crippen molar-refractivity contribution in [2.24, 2.45) is 5.10 Å². The van der Waals surface area contributed by atoms with Gasteiger partial charge in [-0.1, -0.05) is 18.2 Å². The van der Waals surface area contributed by atoms with Gasteiger partial charge in [-0.2, -0.15) is 5.10 Å². The molecule has 4 rings (SSSR count). The third-order valence-electron chi connectivity index (χ3n) is 3.89. The fraction of sp³-hybridized carbons (Fsp3) is 0. The second kappa shape index (κ2) is 7.77. The predicted molar refractivity (Wildman–Crippen MR) is 112 cm³/mol. The first kappa shape index (κ1) is 17.5. The smallest absolute Gasteiger partial charge is 0.267 e. The van der Waals surface area contributed by atoms with Crippen molar-refractivity contribution in [2.45, 2.75) is 0 Å². The van der Waals surface area contributed by atoms with Crippen LogP contribution in [0.25, 0.3) is 22.2 Å². The number of halogens is 1. The van der Waals surface area contributed by atoms with Gasteiger partial charge in [0.15, 0.2) is 0 Å². The predicted octanol–water partition coefficient (Wildman–Crippen LogP) is 4.88. The van der Waals surface area contributed by atoms with Crippen LogP contribution in [-0.2, 0) is 0 Å². The zero-order valence-corrected chi connectivity index (χ0v) is 16.4. The number of amides is 1. The second-order valence-corrected chi connectivity index (χ2v) is 8.14. The van der Waals surface area contributed by atoms with Gasteiger partial charge in [0.2, 0.25) is 0 Å². The molecule has 5 nitrogen and oxygen atoms in total. The maximum absolute atomic E-state index is 12.8. The summed E-state index contributed by atoms with van der Waals surface area (Å²) in [6, 6.07) is 16.9. The molecule has 1 amide bonds. The molecule has 7 heteroatoms. The molecule has 27 heavy (non-hydrogen) atoms. The number of rotatable bonds is 4. The third-order valence-corrected chi connectivity index (χ3v) is 5.45. The fourth-order valence-electron chi connectivity index (χ4n) is 2.65. The van der Waals surface area contributed by atoms with Crippen LogP contribution in [0, 0.1) is 0 Å². The van der Waals surface area contributed by atoms with Gasteiger partial charge in [-0.3, -0.25) is 9.78 Å². The molecule has 0 saturated carbocycles. The number of hydrogen-bond acceptors (Lipinski definition) is 5. The lowest BCUT2D eigenvalue weighted by Gasteiger charge is -2.08.